The molecule has 2 nitrogen and oxygen atoms in total. The number of alkyl halides is 1. The van der Waals surface area contributed by atoms with Gasteiger partial charge in [0.05, 0.1) is 4.87 Å². The van der Waals surface area contributed by atoms with Crippen LogP contribution < -0.4 is 0 Å². The lowest BCUT2D eigenvalue weighted by molar-refractivity contribution is 0.497. The minimum Gasteiger partial charge on any atom is -0.150 e. The highest BCUT2D eigenvalue weighted by Gasteiger charge is 2.45. The van der Waals surface area contributed by atoms with Crippen molar-refractivity contribution in [3.63, 3.8) is 0 Å². The average molecular weight is 210 g/mol. The van der Waals surface area contributed by atoms with Crippen LogP contribution in [0.4, 0.5) is 0 Å². The molecule has 1 aliphatic rings. The minimum atomic E-state index is -0.571. The first-order valence-electron chi connectivity index (χ1n) is 4.82. The molecule has 0 N–H and O–H groups in total. The Morgan fingerprint density at radius 3 is 2.93 bits per heavy atom. The van der Waals surface area contributed by atoms with Gasteiger partial charge in [-0.25, -0.2) is 0 Å². The van der Waals surface area contributed by atoms with E-state index in [4.69, 9.17) is 11.6 Å². The molecule has 2 atom stereocenters. The lowest BCUT2D eigenvalue weighted by atomic mass is 9.95. The highest BCUT2D eigenvalue weighted by Crippen LogP contribution is 2.46. The molecule has 1 aliphatic carbocycles. The van der Waals surface area contributed by atoms with Crippen LogP contribution in [0.5, 0.6) is 0 Å². The number of nitrogens with zero attached hydrogens (tertiary/aromatic N) is 1. The highest BCUT2D eigenvalue weighted by molar-refractivity contribution is 6.25. The number of hydrogen-bond acceptors (Lipinski definition) is 2. The summed E-state index contributed by atoms with van der Waals surface area (Å²) in [5.74, 6) is 0. The summed E-state index contributed by atoms with van der Waals surface area (Å²) in [6.45, 7) is 1.99. The van der Waals surface area contributed by atoms with Crippen molar-refractivity contribution in [1.29, 1.82) is 0 Å². The molecule has 3 heteroatoms. The zero-order chi connectivity index (χ0) is 10.2. The van der Waals surface area contributed by atoms with Crippen molar-refractivity contribution in [2.45, 2.75) is 30.7 Å². The van der Waals surface area contributed by atoms with Gasteiger partial charge in [0.15, 0.2) is 0 Å². The van der Waals surface area contributed by atoms with E-state index >= 15 is 0 Å². The fourth-order valence-electron chi connectivity index (χ4n) is 2.20. The topological polar surface area (TPSA) is 29.4 Å². The predicted octanol–water partition coefficient (Wildman–Crippen LogP) is 3.22. The van der Waals surface area contributed by atoms with Crippen LogP contribution in [0, 0.1) is 4.91 Å². The molecular formula is C11H12ClNO. The van der Waals surface area contributed by atoms with Gasteiger partial charge in [-0.3, -0.25) is 0 Å². The van der Waals surface area contributed by atoms with E-state index in [0.717, 1.165) is 17.5 Å². The Morgan fingerprint density at radius 2 is 2.29 bits per heavy atom. The van der Waals surface area contributed by atoms with E-state index in [-0.39, 0.29) is 6.04 Å². The standard InChI is InChI=1S/C11H12ClNO/c1-2-11(12)9-6-4-3-5-8(9)7-10(11)13-14/h3-6,10H,2,7H2,1H3. The average Bonchev–Trinajstić information content (AvgIpc) is 2.53. The molecule has 0 aliphatic heterocycles. The largest absolute Gasteiger partial charge is 0.150 e. The molecule has 0 saturated carbocycles. The molecule has 1 aromatic rings. The summed E-state index contributed by atoms with van der Waals surface area (Å²) in [7, 11) is 0. The minimum absolute atomic E-state index is 0.313. The molecule has 2 rings (SSSR count). The zero-order valence-electron chi connectivity index (χ0n) is 8.03. The van der Waals surface area contributed by atoms with Crippen LogP contribution in [0.2, 0.25) is 0 Å². The Bertz CT molecular complexity index is 366. The molecule has 1 aromatic carbocycles. The van der Waals surface area contributed by atoms with E-state index in [1.54, 1.807) is 0 Å². The van der Waals surface area contributed by atoms with E-state index < -0.39 is 4.87 Å². The molecule has 0 amide bonds. The number of hydrogen-bond donors (Lipinski definition) is 0. The Labute approximate surface area is 88.2 Å². The molecular weight excluding hydrogens is 198 g/mol. The second-order valence-electron chi connectivity index (χ2n) is 3.70. The van der Waals surface area contributed by atoms with Gasteiger partial charge in [-0.05, 0) is 17.5 Å². The van der Waals surface area contributed by atoms with Crippen LogP contribution in [0.3, 0.4) is 0 Å². The van der Waals surface area contributed by atoms with Crippen LogP contribution in [-0.2, 0) is 11.3 Å². The van der Waals surface area contributed by atoms with Gasteiger partial charge in [-0.2, -0.15) is 4.91 Å². The monoisotopic (exact) mass is 209 g/mol. The van der Waals surface area contributed by atoms with Gasteiger partial charge in [0.25, 0.3) is 0 Å². The number of rotatable bonds is 2. The van der Waals surface area contributed by atoms with Gasteiger partial charge >= 0.3 is 0 Å². The molecule has 14 heavy (non-hydrogen) atoms. The summed E-state index contributed by atoms with van der Waals surface area (Å²) in [5, 5.41) is 3.14. The maximum absolute atomic E-state index is 10.7. The molecule has 0 saturated heterocycles. The second-order valence-corrected chi connectivity index (χ2v) is 4.37. The number of halogens is 1. The third-order valence-corrected chi connectivity index (χ3v) is 3.77. The van der Waals surface area contributed by atoms with Crippen molar-refractivity contribution >= 4 is 11.6 Å². The fourth-order valence-corrected chi connectivity index (χ4v) is 2.50. The summed E-state index contributed by atoms with van der Waals surface area (Å²) in [6.07, 6.45) is 1.42. The van der Waals surface area contributed by atoms with Crippen molar-refractivity contribution in [2.24, 2.45) is 5.18 Å². The van der Waals surface area contributed by atoms with Crippen molar-refractivity contribution < 1.29 is 0 Å². The third-order valence-electron chi connectivity index (χ3n) is 3.05. The predicted molar refractivity (Wildman–Crippen MR) is 57.6 cm³/mol. The van der Waals surface area contributed by atoms with Gasteiger partial charge < -0.3 is 0 Å². The molecule has 0 heterocycles. The Hall–Kier alpha value is -0.890. The number of benzene rings is 1. The first-order valence-corrected chi connectivity index (χ1v) is 5.20. The van der Waals surface area contributed by atoms with Crippen LogP contribution in [-0.4, -0.2) is 6.04 Å². The summed E-state index contributed by atoms with van der Waals surface area (Å²) >= 11 is 6.46. The zero-order valence-corrected chi connectivity index (χ0v) is 8.79. The molecule has 0 fully saturated rings. The van der Waals surface area contributed by atoms with Gasteiger partial charge in [0, 0.05) is 6.42 Å². The van der Waals surface area contributed by atoms with Crippen LogP contribution in [0.15, 0.2) is 29.4 Å². The fraction of sp³-hybridized carbons (Fsp3) is 0.455. The van der Waals surface area contributed by atoms with Gasteiger partial charge in [0.2, 0.25) is 0 Å². The smallest absolute Gasteiger partial charge is 0.119 e. The lowest BCUT2D eigenvalue weighted by Gasteiger charge is -2.23. The molecule has 0 bridgehead atoms. The summed E-state index contributed by atoms with van der Waals surface area (Å²) in [5.41, 5.74) is 2.24. The number of fused-ring (bicyclic) bond motifs is 1. The van der Waals surface area contributed by atoms with Gasteiger partial charge in [0.1, 0.15) is 6.04 Å². The van der Waals surface area contributed by atoms with E-state index in [1.807, 2.05) is 31.2 Å². The van der Waals surface area contributed by atoms with E-state index in [2.05, 4.69) is 5.18 Å². The van der Waals surface area contributed by atoms with E-state index in [0.29, 0.717) is 6.42 Å². The quantitative estimate of drug-likeness (QED) is 0.543. The van der Waals surface area contributed by atoms with Crippen LogP contribution in [0.1, 0.15) is 24.5 Å². The Kier molecular flexibility index (Phi) is 2.31. The van der Waals surface area contributed by atoms with Crippen LogP contribution in [0.25, 0.3) is 0 Å². The molecule has 2 unspecified atom stereocenters. The molecule has 0 spiro atoms. The normalized spacial score (nSPS) is 30.0. The van der Waals surface area contributed by atoms with Gasteiger partial charge in [-0.1, -0.05) is 36.4 Å². The summed E-state index contributed by atoms with van der Waals surface area (Å²) in [6, 6.07) is 7.63. The maximum atomic E-state index is 10.7. The SMILES string of the molecule is CCC1(Cl)c2ccccc2CC1N=O. The lowest BCUT2D eigenvalue weighted by Crippen LogP contribution is -2.27. The highest BCUT2D eigenvalue weighted by atomic mass is 35.5. The van der Waals surface area contributed by atoms with Gasteiger partial charge in [-0.15, -0.1) is 11.6 Å². The van der Waals surface area contributed by atoms with Crippen LogP contribution >= 0.6 is 11.6 Å². The van der Waals surface area contributed by atoms with E-state index in [9.17, 15) is 4.91 Å². The number of nitroso groups, excluding NO2 is 1. The summed E-state index contributed by atoms with van der Waals surface area (Å²) in [4.78, 5) is 10.1. The van der Waals surface area contributed by atoms with Crippen molar-refractivity contribution in [3.8, 4) is 0 Å². The molecule has 0 aromatic heterocycles. The van der Waals surface area contributed by atoms with Crippen molar-refractivity contribution in [2.75, 3.05) is 0 Å². The molecule has 0 radical (unpaired) electrons. The first-order chi connectivity index (χ1) is 6.72. The van der Waals surface area contributed by atoms with Crippen molar-refractivity contribution in [1.82, 2.24) is 0 Å². The third kappa shape index (κ3) is 1.17. The summed E-state index contributed by atoms with van der Waals surface area (Å²) < 4.78 is 0. The molecule has 74 valence electrons. The maximum Gasteiger partial charge on any atom is 0.119 e. The second kappa shape index (κ2) is 3.35. The Balaban J connectivity index is 2.52. The Morgan fingerprint density at radius 1 is 1.57 bits per heavy atom. The first kappa shape index (κ1) is 9.66. The van der Waals surface area contributed by atoms with E-state index in [1.165, 1.54) is 0 Å². The van der Waals surface area contributed by atoms with Crippen molar-refractivity contribution in [3.05, 3.63) is 40.3 Å².